The summed E-state index contributed by atoms with van der Waals surface area (Å²) in [5.74, 6) is 2.65. The standard InChI is InChI=1S/C27H34N8O2/c1-4-28-27(36)31-21-7-5-20(6-8-21)25-32-23-10-12-34(24-15-18(2)29-17-30-24)11-9-22(23)26(33-25)35-13-14-37-16-19(35)3/h5-8,15,17,19H,4,9-14,16H2,1-3H3,(H2,28,31,36). The van der Waals surface area contributed by atoms with Crippen LogP contribution in [-0.2, 0) is 17.6 Å². The van der Waals surface area contributed by atoms with Crippen molar-refractivity contribution in [2.75, 3.05) is 54.5 Å². The minimum absolute atomic E-state index is 0.219. The second kappa shape index (κ2) is 11.1. The number of amides is 2. The molecule has 1 fully saturated rings. The molecular formula is C27H34N8O2. The van der Waals surface area contributed by atoms with Crippen molar-refractivity contribution < 1.29 is 9.53 Å². The molecule has 2 aromatic heterocycles. The highest BCUT2D eigenvalue weighted by Gasteiger charge is 2.28. The number of ether oxygens (including phenoxy) is 1. The van der Waals surface area contributed by atoms with Crippen molar-refractivity contribution in [3.05, 3.63) is 53.6 Å². The van der Waals surface area contributed by atoms with Crippen LogP contribution in [0.25, 0.3) is 11.4 Å². The van der Waals surface area contributed by atoms with Crippen molar-refractivity contribution in [1.29, 1.82) is 0 Å². The van der Waals surface area contributed by atoms with Crippen LogP contribution < -0.4 is 20.4 Å². The van der Waals surface area contributed by atoms with Gasteiger partial charge in [-0.3, -0.25) is 0 Å². The maximum atomic E-state index is 11.9. The van der Waals surface area contributed by atoms with Gasteiger partial charge in [-0.1, -0.05) is 0 Å². The molecule has 0 radical (unpaired) electrons. The molecule has 1 saturated heterocycles. The van der Waals surface area contributed by atoms with Gasteiger partial charge in [0.2, 0.25) is 0 Å². The summed E-state index contributed by atoms with van der Waals surface area (Å²) in [7, 11) is 0. The number of fused-ring (bicyclic) bond motifs is 1. The number of carbonyl (C=O) groups is 1. The first-order valence-corrected chi connectivity index (χ1v) is 12.9. The van der Waals surface area contributed by atoms with Crippen molar-refractivity contribution in [1.82, 2.24) is 25.3 Å². The van der Waals surface area contributed by atoms with E-state index in [2.05, 4.69) is 37.3 Å². The topological polar surface area (TPSA) is 108 Å². The molecule has 1 atom stereocenters. The first-order chi connectivity index (χ1) is 18.0. The maximum absolute atomic E-state index is 11.9. The number of carbonyl (C=O) groups excluding carboxylic acids is 1. The number of anilines is 3. The predicted molar refractivity (Wildman–Crippen MR) is 144 cm³/mol. The summed E-state index contributed by atoms with van der Waals surface area (Å²) in [6.07, 6.45) is 3.27. The second-order valence-corrected chi connectivity index (χ2v) is 9.48. The number of aromatic nitrogens is 4. The molecular weight excluding hydrogens is 468 g/mol. The fourth-order valence-electron chi connectivity index (χ4n) is 4.87. The SMILES string of the molecule is CCNC(=O)Nc1ccc(-c2nc3c(c(N4CCOCC4C)n2)CCN(c2cc(C)ncn2)CC3)cc1. The summed E-state index contributed by atoms with van der Waals surface area (Å²) in [6.45, 7) is 10.5. The molecule has 4 heterocycles. The van der Waals surface area contributed by atoms with Crippen LogP contribution in [0.1, 0.15) is 30.8 Å². The first-order valence-electron chi connectivity index (χ1n) is 12.9. The van der Waals surface area contributed by atoms with Crippen LogP contribution in [0.15, 0.2) is 36.7 Å². The van der Waals surface area contributed by atoms with Crippen LogP contribution in [0, 0.1) is 6.92 Å². The molecule has 0 spiro atoms. The summed E-state index contributed by atoms with van der Waals surface area (Å²) in [5.41, 5.74) is 4.89. The van der Waals surface area contributed by atoms with E-state index in [1.165, 1.54) is 5.56 Å². The summed E-state index contributed by atoms with van der Waals surface area (Å²) in [4.78, 5) is 35.5. The van der Waals surface area contributed by atoms with E-state index in [1.807, 2.05) is 44.2 Å². The Bertz CT molecular complexity index is 1250. The molecule has 3 aromatic rings. The highest BCUT2D eigenvalue weighted by molar-refractivity contribution is 5.89. The fourth-order valence-corrected chi connectivity index (χ4v) is 4.87. The van der Waals surface area contributed by atoms with Crippen molar-refractivity contribution >= 4 is 23.4 Å². The van der Waals surface area contributed by atoms with Gasteiger partial charge in [-0.05, 0) is 51.5 Å². The Hall–Kier alpha value is -3.79. The second-order valence-electron chi connectivity index (χ2n) is 9.48. The van der Waals surface area contributed by atoms with E-state index >= 15 is 0 Å². The van der Waals surface area contributed by atoms with Gasteiger partial charge in [-0.25, -0.2) is 24.7 Å². The van der Waals surface area contributed by atoms with Crippen molar-refractivity contribution in [2.45, 2.75) is 39.7 Å². The molecule has 10 heteroatoms. The average Bonchev–Trinajstić information content (AvgIpc) is 3.12. The number of aryl methyl sites for hydroxylation is 1. The quantitative estimate of drug-likeness (QED) is 0.548. The smallest absolute Gasteiger partial charge is 0.319 e. The molecule has 194 valence electrons. The Morgan fingerprint density at radius 2 is 1.92 bits per heavy atom. The number of rotatable bonds is 5. The zero-order valence-electron chi connectivity index (χ0n) is 21.7. The Balaban J connectivity index is 1.47. The van der Waals surface area contributed by atoms with Crippen LogP contribution in [0.2, 0.25) is 0 Å². The number of nitrogens with one attached hydrogen (secondary N) is 2. The van der Waals surface area contributed by atoms with Crippen molar-refractivity contribution in [2.24, 2.45) is 0 Å². The first kappa shape index (κ1) is 24.9. The number of morpholine rings is 1. The van der Waals surface area contributed by atoms with Crippen LogP contribution >= 0.6 is 0 Å². The summed E-state index contributed by atoms with van der Waals surface area (Å²) < 4.78 is 5.72. The average molecular weight is 503 g/mol. The third-order valence-corrected chi connectivity index (χ3v) is 6.81. The number of nitrogens with zero attached hydrogens (tertiary/aromatic N) is 6. The van der Waals surface area contributed by atoms with Crippen LogP contribution in [0.4, 0.5) is 22.1 Å². The van der Waals surface area contributed by atoms with E-state index in [9.17, 15) is 4.79 Å². The molecule has 2 amide bonds. The molecule has 2 aliphatic rings. The van der Waals surface area contributed by atoms with Gasteiger partial charge in [0.25, 0.3) is 0 Å². The van der Waals surface area contributed by atoms with Gasteiger partial charge < -0.3 is 25.2 Å². The lowest BCUT2D eigenvalue weighted by atomic mass is 10.1. The van der Waals surface area contributed by atoms with Crippen LogP contribution in [0.3, 0.4) is 0 Å². The van der Waals surface area contributed by atoms with Gasteiger partial charge in [0.1, 0.15) is 18.0 Å². The van der Waals surface area contributed by atoms with E-state index in [0.717, 1.165) is 66.8 Å². The maximum Gasteiger partial charge on any atom is 0.319 e. The van der Waals surface area contributed by atoms with Crippen LogP contribution in [-0.4, -0.2) is 71.4 Å². The number of hydrogen-bond acceptors (Lipinski definition) is 8. The monoisotopic (exact) mass is 502 g/mol. The van der Waals surface area contributed by atoms with Crippen LogP contribution in [0.5, 0.6) is 0 Å². The Kier molecular flexibility index (Phi) is 7.45. The number of hydrogen-bond donors (Lipinski definition) is 2. The lowest BCUT2D eigenvalue weighted by molar-refractivity contribution is 0.0984. The van der Waals surface area contributed by atoms with Crippen molar-refractivity contribution in [3.8, 4) is 11.4 Å². The van der Waals surface area contributed by atoms with E-state index in [4.69, 9.17) is 14.7 Å². The molecule has 2 aliphatic heterocycles. The molecule has 2 N–H and O–H groups in total. The van der Waals surface area contributed by atoms with Crippen molar-refractivity contribution in [3.63, 3.8) is 0 Å². The van der Waals surface area contributed by atoms with Gasteiger partial charge in [0.15, 0.2) is 5.82 Å². The minimum atomic E-state index is -0.219. The molecule has 0 aliphatic carbocycles. The van der Waals surface area contributed by atoms with E-state index < -0.39 is 0 Å². The zero-order valence-corrected chi connectivity index (χ0v) is 21.7. The van der Waals surface area contributed by atoms with E-state index in [1.54, 1.807) is 6.33 Å². The number of benzene rings is 1. The Morgan fingerprint density at radius 3 is 2.68 bits per heavy atom. The third kappa shape index (κ3) is 5.64. The highest BCUT2D eigenvalue weighted by Crippen LogP contribution is 2.31. The Labute approximate surface area is 217 Å². The molecule has 37 heavy (non-hydrogen) atoms. The summed E-state index contributed by atoms with van der Waals surface area (Å²) in [5, 5.41) is 5.59. The predicted octanol–water partition coefficient (Wildman–Crippen LogP) is 3.21. The van der Waals surface area contributed by atoms with E-state index in [-0.39, 0.29) is 12.1 Å². The van der Waals surface area contributed by atoms with Gasteiger partial charge in [0.05, 0.1) is 24.9 Å². The van der Waals surface area contributed by atoms with Gasteiger partial charge in [-0.15, -0.1) is 0 Å². The van der Waals surface area contributed by atoms with E-state index in [0.29, 0.717) is 25.6 Å². The van der Waals surface area contributed by atoms with Gasteiger partial charge >= 0.3 is 6.03 Å². The molecule has 1 aromatic carbocycles. The molecule has 10 nitrogen and oxygen atoms in total. The highest BCUT2D eigenvalue weighted by atomic mass is 16.5. The minimum Gasteiger partial charge on any atom is -0.377 e. The lowest BCUT2D eigenvalue weighted by Gasteiger charge is -2.36. The molecule has 0 bridgehead atoms. The van der Waals surface area contributed by atoms with Gasteiger partial charge in [0, 0.05) is 61.2 Å². The number of urea groups is 1. The summed E-state index contributed by atoms with van der Waals surface area (Å²) in [6, 6.07) is 9.74. The Morgan fingerprint density at radius 1 is 1.11 bits per heavy atom. The lowest BCUT2D eigenvalue weighted by Crippen LogP contribution is -2.45. The fraction of sp³-hybridized carbons (Fsp3) is 0.444. The normalized spacial score (nSPS) is 17.6. The molecule has 1 unspecified atom stereocenters. The molecule has 0 saturated carbocycles. The zero-order chi connectivity index (χ0) is 25.8. The van der Waals surface area contributed by atoms with Gasteiger partial charge in [-0.2, -0.15) is 0 Å². The largest absolute Gasteiger partial charge is 0.377 e. The molecule has 5 rings (SSSR count). The summed E-state index contributed by atoms with van der Waals surface area (Å²) >= 11 is 0. The third-order valence-electron chi connectivity index (χ3n) is 6.81.